The number of quaternary nitrogens is 1. The molecule has 1 unspecified atom stereocenters. The molecule has 5 heteroatoms. The van der Waals surface area contributed by atoms with Gasteiger partial charge in [0.2, 0.25) is 0 Å². The molecule has 12 heavy (non-hydrogen) atoms. The number of fused-ring (bicyclic) bond motifs is 1. The van der Waals surface area contributed by atoms with Crippen molar-refractivity contribution in [1.29, 1.82) is 0 Å². The van der Waals surface area contributed by atoms with Crippen molar-refractivity contribution < 1.29 is 13.4 Å². The van der Waals surface area contributed by atoms with Gasteiger partial charge in [-0.1, -0.05) is 0 Å². The van der Waals surface area contributed by atoms with Crippen LogP contribution < -0.4 is 9.55 Å². The van der Waals surface area contributed by atoms with Gasteiger partial charge in [-0.3, -0.25) is 0 Å². The molecular formula is C7H18N2O2Si. The number of nitrogens with one attached hydrogen (secondary N) is 2. The van der Waals surface area contributed by atoms with Crippen LogP contribution in [0.15, 0.2) is 0 Å². The van der Waals surface area contributed by atoms with Crippen LogP contribution in [-0.4, -0.2) is 42.0 Å². The topological polar surface area (TPSA) is 34.9 Å². The summed E-state index contributed by atoms with van der Waals surface area (Å²) in [7, 11) is 0.928. The van der Waals surface area contributed by atoms with Gasteiger partial charge in [0.1, 0.15) is 0 Å². The molecule has 2 fully saturated rings. The average Bonchev–Trinajstić information content (AvgIpc) is 2.59. The zero-order chi connectivity index (χ0) is 8.68. The standard InChI is InChI=1S/C7H18N2O2Si/c1-10-12(11-2)7-3-5-9(12)6-4-8-12/h8-9H,3-7H2,1-2H3. The van der Waals surface area contributed by atoms with Crippen LogP contribution in [0.1, 0.15) is 6.42 Å². The van der Waals surface area contributed by atoms with Gasteiger partial charge in [0.15, 0.2) is 0 Å². The fraction of sp³-hybridized carbons (Fsp3) is 1.00. The van der Waals surface area contributed by atoms with E-state index in [4.69, 9.17) is 8.85 Å². The summed E-state index contributed by atoms with van der Waals surface area (Å²) in [4.78, 5) is 3.52. The molecule has 0 amide bonds. The van der Waals surface area contributed by atoms with Crippen LogP contribution in [0.4, 0.5) is 0 Å². The fourth-order valence-electron chi connectivity index (χ4n) is 2.83. The van der Waals surface area contributed by atoms with E-state index < -0.39 is 8.16 Å². The number of rotatable bonds is 2. The quantitative estimate of drug-likeness (QED) is 0.524. The van der Waals surface area contributed by atoms with Crippen molar-refractivity contribution >= 4 is 8.16 Å². The van der Waals surface area contributed by atoms with E-state index in [0.717, 1.165) is 19.1 Å². The normalized spacial score (nSPS) is 40.2. The Balaban J connectivity index is 2.35. The van der Waals surface area contributed by atoms with Crippen LogP contribution in [0.3, 0.4) is 0 Å². The van der Waals surface area contributed by atoms with Gasteiger partial charge in [-0.05, 0) is 0 Å². The minimum absolute atomic E-state index is 1.05. The fourth-order valence-corrected chi connectivity index (χ4v) is 7.82. The van der Waals surface area contributed by atoms with E-state index in [1.54, 1.807) is 18.8 Å². The van der Waals surface area contributed by atoms with E-state index in [2.05, 4.69) is 4.98 Å². The molecule has 72 valence electrons. The first-order valence-electron chi connectivity index (χ1n) is 4.64. The molecule has 0 aromatic heterocycles. The molecule has 2 rings (SSSR count). The second-order valence-corrected chi connectivity index (χ2v) is 8.70. The zero-order valence-electron chi connectivity index (χ0n) is 7.85. The Bertz CT molecular complexity index is 182. The SMILES string of the molecule is CO[Si-]12(OC)CCC[NH+]1CCN2. The third kappa shape index (κ3) is 0.803. The maximum absolute atomic E-state index is 5.74. The monoisotopic (exact) mass is 190 g/mol. The molecule has 4 nitrogen and oxygen atoms in total. The molecule has 0 aromatic rings. The van der Waals surface area contributed by atoms with Crippen LogP contribution in [-0.2, 0) is 8.85 Å². The van der Waals surface area contributed by atoms with Crippen LogP contribution in [0.25, 0.3) is 0 Å². The Hall–Kier alpha value is 0.0569. The van der Waals surface area contributed by atoms with Crippen molar-refractivity contribution in [2.24, 2.45) is 0 Å². The van der Waals surface area contributed by atoms with Gasteiger partial charge in [-0.25, -0.2) is 0 Å². The Morgan fingerprint density at radius 2 is 2.00 bits per heavy atom. The van der Waals surface area contributed by atoms with Crippen molar-refractivity contribution in [2.75, 3.05) is 33.9 Å². The Morgan fingerprint density at radius 3 is 2.58 bits per heavy atom. The second kappa shape index (κ2) is 2.52. The summed E-state index contributed by atoms with van der Waals surface area (Å²) in [6, 6.07) is 1.10. The van der Waals surface area contributed by atoms with Crippen molar-refractivity contribution in [2.45, 2.75) is 12.5 Å². The van der Waals surface area contributed by atoms with Crippen LogP contribution in [0.5, 0.6) is 0 Å². The molecule has 0 saturated carbocycles. The van der Waals surface area contributed by atoms with Crippen molar-refractivity contribution in [3.8, 4) is 0 Å². The van der Waals surface area contributed by atoms with E-state index in [1.807, 2.05) is 0 Å². The van der Waals surface area contributed by atoms with Gasteiger partial charge in [0.05, 0.1) is 0 Å². The Morgan fingerprint density at radius 1 is 1.25 bits per heavy atom. The van der Waals surface area contributed by atoms with Crippen LogP contribution in [0.2, 0.25) is 6.04 Å². The summed E-state index contributed by atoms with van der Waals surface area (Å²) >= 11 is 0. The molecule has 2 aliphatic heterocycles. The number of hydrogen-bond acceptors (Lipinski definition) is 3. The summed E-state index contributed by atoms with van der Waals surface area (Å²) in [6.45, 7) is 3.42. The molecule has 0 aliphatic carbocycles. The summed E-state index contributed by atoms with van der Waals surface area (Å²) in [5.74, 6) is 0. The van der Waals surface area contributed by atoms with Crippen molar-refractivity contribution in [3.05, 3.63) is 0 Å². The first-order chi connectivity index (χ1) is 5.75. The molecule has 2 N–H and O–H groups in total. The van der Waals surface area contributed by atoms with Crippen LogP contribution in [0, 0.1) is 0 Å². The molecule has 1 atom stereocenters. The van der Waals surface area contributed by atoms with Crippen LogP contribution >= 0.6 is 0 Å². The summed E-state index contributed by atoms with van der Waals surface area (Å²) < 4.78 is 13.0. The molecular weight excluding hydrogens is 172 g/mol. The molecule has 2 aliphatic rings. The molecule has 2 saturated heterocycles. The molecule has 0 spiro atoms. The van der Waals surface area contributed by atoms with E-state index in [0.29, 0.717) is 0 Å². The first-order valence-corrected chi connectivity index (χ1v) is 7.16. The van der Waals surface area contributed by atoms with E-state index in [9.17, 15) is 0 Å². The molecule has 0 bridgehead atoms. The van der Waals surface area contributed by atoms with Gasteiger partial charge in [-0.15, -0.1) is 0 Å². The van der Waals surface area contributed by atoms with Gasteiger partial charge in [0, 0.05) is 0 Å². The predicted octanol–water partition coefficient (Wildman–Crippen LogP) is -1.44. The Kier molecular flexibility index (Phi) is 1.82. The van der Waals surface area contributed by atoms with Gasteiger partial charge >= 0.3 is 72.9 Å². The molecule has 0 radical (unpaired) electrons. The van der Waals surface area contributed by atoms with E-state index >= 15 is 0 Å². The van der Waals surface area contributed by atoms with E-state index in [-0.39, 0.29) is 0 Å². The summed E-state index contributed by atoms with van der Waals surface area (Å²) in [5, 5.41) is 0. The third-order valence-corrected chi connectivity index (χ3v) is 9.48. The maximum atomic E-state index is 5.74. The summed E-state index contributed by atoms with van der Waals surface area (Å²) in [5.41, 5.74) is 0. The number of hydrogen-bond donors (Lipinski definition) is 2. The average molecular weight is 190 g/mol. The van der Waals surface area contributed by atoms with Gasteiger partial charge < -0.3 is 0 Å². The van der Waals surface area contributed by atoms with Gasteiger partial charge in [0.25, 0.3) is 0 Å². The summed E-state index contributed by atoms with van der Waals surface area (Å²) in [6.07, 6.45) is 1.23. The molecule has 2 heterocycles. The second-order valence-electron chi connectivity index (χ2n) is 3.80. The minimum atomic E-state index is -2.66. The third-order valence-electron chi connectivity index (χ3n) is 3.60. The molecule has 0 aromatic carbocycles. The van der Waals surface area contributed by atoms with Gasteiger partial charge in [-0.2, -0.15) is 0 Å². The Labute approximate surface area is 73.6 Å². The zero-order valence-corrected chi connectivity index (χ0v) is 8.85. The van der Waals surface area contributed by atoms with Crippen molar-refractivity contribution in [3.63, 3.8) is 0 Å². The van der Waals surface area contributed by atoms with Crippen molar-refractivity contribution in [1.82, 2.24) is 4.98 Å². The first kappa shape index (κ1) is 8.65. The van der Waals surface area contributed by atoms with E-state index in [1.165, 1.54) is 13.0 Å². The predicted molar refractivity (Wildman–Crippen MR) is 47.9 cm³/mol.